The van der Waals surface area contributed by atoms with Gasteiger partial charge >= 0.3 is 0 Å². The van der Waals surface area contributed by atoms with Crippen molar-refractivity contribution in [2.75, 3.05) is 13.7 Å². The highest BCUT2D eigenvalue weighted by atomic mass is 19.1. The number of carbonyl (C=O) groups excluding carboxylic acids is 1. The third-order valence-electron chi connectivity index (χ3n) is 4.39. The van der Waals surface area contributed by atoms with Crippen molar-refractivity contribution in [3.05, 3.63) is 65.5 Å². The van der Waals surface area contributed by atoms with Crippen LogP contribution in [0.2, 0.25) is 0 Å². The van der Waals surface area contributed by atoms with E-state index in [4.69, 9.17) is 4.74 Å². The molecule has 24 heavy (non-hydrogen) atoms. The molecule has 0 bridgehead atoms. The number of hydrogen-bond donors (Lipinski definition) is 1. The van der Waals surface area contributed by atoms with Gasteiger partial charge in [0.1, 0.15) is 11.6 Å². The molecule has 4 nitrogen and oxygen atoms in total. The van der Waals surface area contributed by atoms with Gasteiger partial charge in [-0.2, -0.15) is 0 Å². The molecule has 0 aliphatic carbocycles. The molecule has 2 aromatic carbocycles. The fourth-order valence-corrected chi connectivity index (χ4v) is 3.20. The number of ether oxygens (including phenoxy) is 1. The van der Waals surface area contributed by atoms with Crippen LogP contribution in [0.15, 0.2) is 48.5 Å². The number of amides is 1. The smallest absolute Gasteiger partial charge is 0.227 e. The number of halogens is 1. The first-order valence-electron chi connectivity index (χ1n) is 7.93. The van der Waals surface area contributed by atoms with E-state index >= 15 is 0 Å². The van der Waals surface area contributed by atoms with Gasteiger partial charge in [-0.05, 0) is 30.2 Å². The van der Waals surface area contributed by atoms with Crippen LogP contribution in [0, 0.1) is 5.82 Å². The van der Waals surface area contributed by atoms with Gasteiger partial charge in [-0.25, -0.2) is 4.39 Å². The molecule has 3 rings (SSSR count). The summed E-state index contributed by atoms with van der Waals surface area (Å²) < 4.78 is 18.4. The van der Waals surface area contributed by atoms with Crippen LogP contribution in [-0.4, -0.2) is 35.7 Å². The molecule has 0 aromatic heterocycles. The first-order chi connectivity index (χ1) is 11.6. The van der Waals surface area contributed by atoms with E-state index in [1.165, 1.54) is 12.1 Å². The summed E-state index contributed by atoms with van der Waals surface area (Å²) >= 11 is 0. The minimum absolute atomic E-state index is 0.0784. The third kappa shape index (κ3) is 3.41. The molecule has 0 unspecified atom stereocenters. The van der Waals surface area contributed by atoms with Crippen molar-refractivity contribution < 1.29 is 19.0 Å². The van der Waals surface area contributed by atoms with E-state index in [1.54, 1.807) is 24.1 Å². The Bertz CT molecular complexity index is 717. The van der Waals surface area contributed by atoms with Gasteiger partial charge < -0.3 is 14.7 Å². The normalized spacial score (nSPS) is 20.2. The van der Waals surface area contributed by atoms with Gasteiger partial charge in [-0.3, -0.25) is 4.79 Å². The second-order valence-electron chi connectivity index (χ2n) is 5.99. The van der Waals surface area contributed by atoms with Gasteiger partial charge in [0.25, 0.3) is 0 Å². The Morgan fingerprint density at radius 1 is 1.25 bits per heavy atom. The predicted octanol–water partition coefficient (Wildman–Crippen LogP) is 2.71. The number of β-amino-alcohol motifs (C(OH)–C–C–N with tert-alkyl or cyclic N) is 1. The van der Waals surface area contributed by atoms with Crippen molar-refractivity contribution >= 4 is 5.91 Å². The van der Waals surface area contributed by atoms with E-state index in [0.29, 0.717) is 12.2 Å². The molecule has 0 spiro atoms. The van der Waals surface area contributed by atoms with Crippen LogP contribution >= 0.6 is 0 Å². The van der Waals surface area contributed by atoms with E-state index in [-0.39, 0.29) is 30.7 Å². The van der Waals surface area contributed by atoms with Crippen LogP contribution < -0.4 is 4.74 Å². The van der Waals surface area contributed by atoms with Gasteiger partial charge in [0.15, 0.2) is 0 Å². The topological polar surface area (TPSA) is 49.8 Å². The van der Waals surface area contributed by atoms with Gasteiger partial charge in [-0.15, -0.1) is 0 Å². The first kappa shape index (κ1) is 16.5. The van der Waals surface area contributed by atoms with Crippen molar-refractivity contribution in [1.29, 1.82) is 0 Å². The molecular formula is C19H20FNO3. The van der Waals surface area contributed by atoms with E-state index in [1.807, 2.05) is 24.3 Å². The van der Waals surface area contributed by atoms with Gasteiger partial charge in [-0.1, -0.05) is 30.3 Å². The van der Waals surface area contributed by atoms with Gasteiger partial charge in [0.05, 0.1) is 25.7 Å². The number of rotatable bonds is 4. The quantitative estimate of drug-likeness (QED) is 0.938. The fraction of sp³-hybridized carbons (Fsp3) is 0.316. The number of likely N-dealkylation sites (tertiary alicyclic amines) is 1. The van der Waals surface area contributed by atoms with Crippen molar-refractivity contribution in [3.63, 3.8) is 0 Å². The molecular weight excluding hydrogens is 309 g/mol. The van der Waals surface area contributed by atoms with Crippen molar-refractivity contribution in [2.24, 2.45) is 0 Å². The van der Waals surface area contributed by atoms with Gasteiger partial charge in [0.2, 0.25) is 5.91 Å². The number of aliphatic hydroxyl groups is 1. The highest BCUT2D eigenvalue weighted by molar-refractivity contribution is 5.80. The third-order valence-corrected chi connectivity index (χ3v) is 4.39. The zero-order chi connectivity index (χ0) is 17.1. The Balaban J connectivity index is 1.80. The molecule has 1 saturated heterocycles. The molecule has 1 N–H and O–H groups in total. The minimum atomic E-state index is -0.568. The summed E-state index contributed by atoms with van der Waals surface area (Å²) in [6, 6.07) is 13.3. The largest absolute Gasteiger partial charge is 0.496 e. The zero-order valence-corrected chi connectivity index (χ0v) is 13.5. The number of aliphatic hydroxyl groups excluding tert-OH is 1. The second-order valence-corrected chi connectivity index (χ2v) is 5.99. The standard InChI is InChI=1S/C19H20FNO3/c1-24-18-5-3-2-4-14(18)10-19(23)21-12-16(22)11-17(21)13-6-8-15(20)9-7-13/h2-9,16-17,22H,10-12H2,1H3/t16-,17+/m1/s1. The predicted molar refractivity (Wildman–Crippen MR) is 88.2 cm³/mol. The average Bonchev–Trinajstić information content (AvgIpc) is 2.98. The number of carbonyl (C=O) groups is 1. The summed E-state index contributed by atoms with van der Waals surface area (Å²) in [5.74, 6) is 0.276. The van der Waals surface area contributed by atoms with Crippen molar-refractivity contribution in [1.82, 2.24) is 4.90 Å². The average molecular weight is 329 g/mol. The SMILES string of the molecule is COc1ccccc1CC(=O)N1C[C@H](O)C[C@H]1c1ccc(F)cc1. The molecule has 126 valence electrons. The van der Waals surface area contributed by atoms with Crippen LogP contribution in [0.4, 0.5) is 4.39 Å². The van der Waals surface area contributed by atoms with Crippen molar-refractivity contribution in [2.45, 2.75) is 25.0 Å². The molecule has 1 aliphatic rings. The van der Waals surface area contributed by atoms with Crippen LogP contribution in [0.25, 0.3) is 0 Å². The lowest BCUT2D eigenvalue weighted by Crippen LogP contribution is -2.33. The van der Waals surface area contributed by atoms with Crippen LogP contribution in [0.1, 0.15) is 23.6 Å². The van der Waals surface area contributed by atoms with E-state index in [2.05, 4.69) is 0 Å². The molecule has 1 fully saturated rings. The molecule has 1 heterocycles. The molecule has 1 amide bonds. The fourth-order valence-electron chi connectivity index (χ4n) is 3.20. The highest BCUT2D eigenvalue weighted by Crippen LogP contribution is 2.33. The first-order valence-corrected chi connectivity index (χ1v) is 7.93. The number of methoxy groups -OCH3 is 1. The van der Waals surface area contributed by atoms with Crippen LogP contribution in [0.3, 0.4) is 0 Å². The molecule has 2 aromatic rings. The van der Waals surface area contributed by atoms with Crippen molar-refractivity contribution in [3.8, 4) is 5.75 Å². The number of nitrogens with zero attached hydrogens (tertiary/aromatic N) is 1. The Morgan fingerprint density at radius 3 is 2.67 bits per heavy atom. The summed E-state index contributed by atoms with van der Waals surface area (Å²) in [4.78, 5) is 14.4. The molecule has 2 atom stereocenters. The lowest BCUT2D eigenvalue weighted by atomic mass is 10.0. The van der Waals surface area contributed by atoms with Gasteiger partial charge in [0, 0.05) is 12.1 Å². The molecule has 5 heteroatoms. The van der Waals surface area contributed by atoms with Crippen LogP contribution in [-0.2, 0) is 11.2 Å². The lowest BCUT2D eigenvalue weighted by molar-refractivity contribution is -0.131. The summed E-state index contributed by atoms with van der Waals surface area (Å²) in [6.07, 6.45) is 0.0965. The second kappa shape index (κ2) is 7.01. The number of hydrogen-bond acceptors (Lipinski definition) is 3. The monoisotopic (exact) mass is 329 g/mol. The Labute approximate surface area is 140 Å². The summed E-state index contributed by atoms with van der Waals surface area (Å²) in [5.41, 5.74) is 1.64. The Morgan fingerprint density at radius 2 is 1.96 bits per heavy atom. The molecule has 0 radical (unpaired) electrons. The Kier molecular flexibility index (Phi) is 4.81. The summed E-state index contributed by atoms with van der Waals surface area (Å²) in [7, 11) is 1.57. The zero-order valence-electron chi connectivity index (χ0n) is 13.5. The van der Waals surface area contributed by atoms with E-state index < -0.39 is 6.10 Å². The van der Waals surface area contributed by atoms with E-state index in [9.17, 15) is 14.3 Å². The number of para-hydroxylation sites is 1. The molecule has 0 saturated carbocycles. The number of benzene rings is 2. The maximum Gasteiger partial charge on any atom is 0.227 e. The van der Waals surface area contributed by atoms with Crippen LogP contribution in [0.5, 0.6) is 5.75 Å². The summed E-state index contributed by atoms with van der Waals surface area (Å²) in [5, 5.41) is 10.0. The lowest BCUT2D eigenvalue weighted by Gasteiger charge is -2.25. The maximum atomic E-state index is 13.1. The molecule has 1 aliphatic heterocycles. The Hall–Kier alpha value is -2.40. The minimum Gasteiger partial charge on any atom is -0.496 e. The highest BCUT2D eigenvalue weighted by Gasteiger charge is 2.35. The van der Waals surface area contributed by atoms with E-state index in [0.717, 1.165) is 11.1 Å². The summed E-state index contributed by atoms with van der Waals surface area (Å²) in [6.45, 7) is 0.288. The maximum absolute atomic E-state index is 13.1.